The monoisotopic (exact) mass is 420 g/mol. The molecule has 0 heterocycles. The van der Waals surface area contributed by atoms with Gasteiger partial charge in [0.25, 0.3) is 0 Å². The van der Waals surface area contributed by atoms with Crippen LogP contribution in [0, 0.1) is 13.8 Å². The van der Waals surface area contributed by atoms with E-state index in [-0.39, 0.29) is 0 Å². The third-order valence-corrected chi connectivity index (χ3v) is 7.68. The van der Waals surface area contributed by atoms with E-state index >= 15 is 0 Å². The van der Waals surface area contributed by atoms with Gasteiger partial charge in [-0.05, 0) is 103 Å². The maximum atomic E-state index is 2.41. The van der Waals surface area contributed by atoms with Gasteiger partial charge >= 0.3 is 0 Å². The Hall–Kier alpha value is -3.90. The van der Waals surface area contributed by atoms with Crippen LogP contribution in [0.3, 0.4) is 0 Å². The molecule has 0 spiro atoms. The molecule has 0 aliphatic heterocycles. The van der Waals surface area contributed by atoms with Crippen LogP contribution in [-0.4, -0.2) is 0 Å². The van der Waals surface area contributed by atoms with Gasteiger partial charge in [0, 0.05) is 0 Å². The minimum Gasteiger partial charge on any atom is -0.0616 e. The van der Waals surface area contributed by atoms with E-state index in [0.29, 0.717) is 0 Å². The lowest BCUT2D eigenvalue weighted by Gasteiger charge is -2.18. The Balaban J connectivity index is 1.80. The van der Waals surface area contributed by atoms with Gasteiger partial charge in [-0.15, -0.1) is 0 Å². The Morgan fingerprint density at radius 2 is 1.06 bits per heavy atom. The van der Waals surface area contributed by atoms with Crippen molar-refractivity contribution in [3.8, 4) is 22.3 Å². The van der Waals surface area contributed by atoms with Crippen molar-refractivity contribution in [3.63, 3.8) is 0 Å². The average Bonchev–Trinajstić information content (AvgIpc) is 3.11. The van der Waals surface area contributed by atoms with Crippen LogP contribution in [0.4, 0.5) is 0 Å². The molecule has 0 amide bonds. The molecule has 0 heteroatoms. The number of hydrogen-bond acceptors (Lipinski definition) is 0. The summed E-state index contributed by atoms with van der Waals surface area (Å²) in [4.78, 5) is 0. The fraction of sp³-hybridized carbons (Fsp3) is 0.0909. The minimum absolute atomic E-state index is 1.29. The fourth-order valence-corrected chi connectivity index (χ4v) is 6.00. The lowest BCUT2D eigenvalue weighted by molar-refractivity contribution is 1.33. The van der Waals surface area contributed by atoms with E-state index in [0.717, 1.165) is 0 Å². The summed E-state index contributed by atoms with van der Waals surface area (Å²) in [6.07, 6.45) is 0. The van der Waals surface area contributed by atoms with Gasteiger partial charge in [-0.3, -0.25) is 0 Å². The highest BCUT2D eigenvalue weighted by molar-refractivity contribution is 6.23. The molecule has 0 aromatic heterocycles. The number of fused-ring (bicyclic) bond motifs is 5. The highest BCUT2D eigenvalue weighted by Gasteiger charge is 2.26. The largest absolute Gasteiger partial charge is 0.0616 e. The molecular weight excluding hydrogens is 396 g/mol. The van der Waals surface area contributed by atoms with Crippen LogP contribution in [0.15, 0.2) is 91.0 Å². The number of aryl methyl sites for hydroxylation is 2. The molecule has 7 rings (SSSR count). The summed E-state index contributed by atoms with van der Waals surface area (Å²) in [6.45, 7) is 6.77. The lowest BCUT2D eigenvalue weighted by atomic mass is 9.84. The van der Waals surface area contributed by atoms with Gasteiger partial charge in [-0.1, -0.05) is 91.0 Å². The van der Waals surface area contributed by atoms with Crippen LogP contribution in [-0.2, 0) is 0 Å². The zero-order valence-corrected chi connectivity index (χ0v) is 19.2. The zero-order chi connectivity index (χ0) is 22.3. The Labute approximate surface area is 193 Å². The molecule has 1 aliphatic carbocycles. The summed E-state index contributed by atoms with van der Waals surface area (Å²) < 4.78 is 0. The number of rotatable bonds is 1. The van der Waals surface area contributed by atoms with Crippen molar-refractivity contribution in [2.45, 2.75) is 20.8 Å². The minimum atomic E-state index is 1.29. The zero-order valence-electron chi connectivity index (χ0n) is 19.2. The van der Waals surface area contributed by atoms with Crippen LogP contribution in [0.25, 0.3) is 60.1 Å². The Morgan fingerprint density at radius 1 is 0.455 bits per heavy atom. The SMILES string of the molecule is CC1=c2c(c(-c3cccc4ccccc34)c3cccc4cccc2c43)-c2cc(C)c(C)cc21. The molecule has 6 aromatic carbocycles. The first-order valence-electron chi connectivity index (χ1n) is 11.7. The maximum Gasteiger partial charge on any atom is -0.00110 e. The predicted molar refractivity (Wildman–Crippen MR) is 143 cm³/mol. The van der Waals surface area contributed by atoms with E-state index < -0.39 is 0 Å². The summed E-state index contributed by atoms with van der Waals surface area (Å²) in [5.41, 5.74) is 10.9. The second-order valence-electron chi connectivity index (χ2n) is 9.47. The highest BCUT2D eigenvalue weighted by atomic mass is 14.3. The van der Waals surface area contributed by atoms with E-state index in [1.807, 2.05) is 0 Å². The molecule has 0 saturated heterocycles. The number of hydrogen-bond donors (Lipinski definition) is 0. The predicted octanol–water partition coefficient (Wildman–Crippen LogP) is 8.35. The van der Waals surface area contributed by atoms with Gasteiger partial charge in [-0.25, -0.2) is 0 Å². The van der Waals surface area contributed by atoms with Gasteiger partial charge in [0.2, 0.25) is 0 Å². The summed E-state index contributed by atoms with van der Waals surface area (Å²) in [6, 6.07) is 33.9. The van der Waals surface area contributed by atoms with Crippen molar-refractivity contribution in [3.05, 3.63) is 113 Å². The van der Waals surface area contributed by atoms with Crippen LogP contribution in [0.2, 0.25) is 0 Å². The second-order valence-corrected chi connectivity index (χ2v) is 9.47. The van der Waals surface area contributed by atoms with Crippen LogP contribution < -0.4 is 5.22 Å². The van der Waals surface area contributed by atoms with Crippen molar-refractivity contribution < 1.29 is 0 Å². The summed E-state index contributed by atoms with van der Waals surface area (Å²) in [7, 11) is 0. The Kier molecular flexibility index (Phi) is 3.71. The third-order valence-electron chi connectivity index (χ3n) is 7.68. The van der Waals surface area contributed by atoms with Gasteiger partial charge in [0.15, 0.2) is 0 Å². The molecule has 0 fully saturated rings. The quantitative estimate of drug-likeness (QED) is 0.251. The van der Waals surface area contributed by atoms with Crippen LogP contribution >= 0.6 is 0 Å². The molecule has 156 valence electrons. The third kappa shape index (κ3) is 2.41. The van der Waals surface area contributed by atoms with E-state index in [2.05, 4.69) is 112 Å². The summed E-state index contributed by atoms with van der Waals surface area (Å²) in [5.74, 6) is 0. The first-order chi connectivity index (χ1) is 16.1. The molecule has 0 saturated carbocycles. The lowest BCUT2D eigenvalue weighted by Crippen LogP contribution is -2.08. The molecule has 0 bridgehead atoms. The molecule has 0 radical (unpaired) electrons. The van der Waals surface area contributed by atoms with Crippen LogP contribution in [0.5, 0.6) is 0 Å². The topological polar surface area (TPSA) is 0 Å². The van der Waals surface area contributed by atoms with Gasteiger partial charge in [-0.2, -0.15) is 0 Å². The van der Waals surface area contributed by atoms with Crippen molar-refractivity contribution in [2.75, 3.05) is 0 Å². The molecule has 33 heavy (non-hydrogen) atoms. The van der Waals surface area contributed by atoms with E-state index in [9.17, 15) is 0 Å². The van der Waals surface area contributed by atoms with Gasteiger partial charge in [0.05, 0.1) is 0 Å². The molecule has 0 nitrogen and oxygen atoms in total. The molecule has 6 aromatic rings. The van der Waals surface area contributed by atoms with Crippen LogP contribution in [0.1, 0.15) is 23.6 Å². The van der Waals surface area contributed by atoms with Crippen molar-refractivity contribution in [1.29, 1.82) is 0 Å². The molecule has 0 unspecified atom stereocenters. The van der Waals surface area contributed by atoms with Gasteiger partial charge in [0.1, 0.15) is 0 Å². The Morgan fingerprint density at radius 3 is 1.88 bits per heavy atom. The highest BCUT2D eigenvalue weighted by Crippen LogP contribution is 2.46. The smallest absolute Gasteiger partial charge is 0.00110 e. The normalized spacial score (nSPS) is 12.6. The van der Waals surface area contributed by atoms with Gasteiger partial charge < -0.3 is 0 Å². The second kappa shape index (κ2) is 6.56. The first-order valence-corrected chi connectivity index (χ1v) is 11.7. The molecule has 1 aliphatic rings. The molecule has 0 N–H and O–H groups in total. The average molecular weight is 421 g/mol. The number of benzene rings is 6. The van der Waals surface area contributed by atoms with E-state index in [4.69, 9.17) is 0 Å². The maximum absolute atomic E-state index is 2.41. The first kappa shape index (κ1) is 18.7. The van der Waals surface area contributed by atoms with E-state index in [1.54, 1.807) is 0 Å². The summed E-state index contributed by atoms with van der Waals surface area (Å²) in [5, 5.41) is 9.40. The van der Waals surface area contributed by atoms with E-state index in [1.165, 1.54) is 82.1 Å². The Bertz CT molecular complexity index is 1820. The summed E-state index contributed by atoms with van der Waals surface area (Å²) >= 11 is 0. The standard InChI is InChI=1S/C33H24/c1-19-17-28-21(3)30-26-15-7-11-23-12-8-16-27(31(23)26)32(33(30)29(28)18-20(19)2)25-14-6-10-22-9-4-5-13-24(22)25/h4-18H,1-3H3. The molecule has 0 atom stereocenters. The van der Waals surface area contributed by atoms with Crippen molar-refractivity contribution in [2.24, 2.45) is 0 Å². The molecular formula is C33H24. The van der Waals surface area contributed by atoms with Crippen molar-refractivity contribution >= 4 is 37.9 Å². The van der Waals surface area contributed by atoms with Crippen molar-refractivity contribution in [1.82, 2.24) is 0 Å². The fourth-order valence-electron chi connectivity index (χ4n) is 6.00.